The lowest BCUT2D eigenvalue weighted by Gasteiger charge is -2.31. The van der Waals surface area contributed by atoms with E-state index < -0.39 is 5.41 Å². The van der Waals surface area contributed by atoms with Crippen LogP contribution >= 0.6 is 0 Å². The predicted molar refractivity (Wildman–Crippen MR) is 273 cm³/mol. The minimum Gasteiger partial charge on any atom is -0.455 e. The van der Waals surface area contributed by atoms with Gasteiger partial charge in [-0.3, -0.25) is 4.57 Å². The number of hydrogen-bond acceptors (Lipinski definition) is 5. The third-order valence-electron chi connectivity index (χ3n) is 14.9. The minimum absolute atomic E-state index is 0.501. The van der Waals surface area contributed by atoms with Gasteiger partial charge in [-0.2, -0.15) is 9.97 Å². The number of aromatic nitrogens is 4. The molecule has 0 N–H and O–H groups in total. The Morgan fingerprint density at radius 3 is 1.40 bits per heavy atom. The number of fused-ring (bicyclic) bond motifs is 23. The van der Waals surface area contributed by atoms with Crippen molar-refractivity contribution < 1.29 is 8.83 Å². The van der Waals surface area contributed by atoms with Crippen LogP contribution in [0.2, 0.25) is 0 Å². The van der Waals surface area contributed by atoms with Gasteiger partial charge in [0.15, 0.2) is 11.6 Å². The molecule has 0 fully saturated rings. The normalized spacial score (nSPS) is 13.4. The maximum absolute atomic E-state index is 6.71. The van der Waals surface area contributed by atoms with Crippen molar-refractivity contribution in [3.8, 4) is 51.0 Å². The zero-order valence-corrected chi connectivity index (χ0v) is 36.2. The third kappa shape index (κ3) is 4.44. The quantitative estimate of drug-likeness (QED) is 0.177. The van der Waals surface area contributed by atoms with Gasteiger partial charge in [0.25, 0.3) is 0 Å². The third-order valence-corrected chi connectivity index (χ3v) is 14.9. The average molecular weight is 867 g/mol. The molecular formula is C62H34N4O2. The summed E-state index contributed by atoms with van der Waals surface area (Å²) in [6.07, 6.45) is 0. The molecule has 314 valence electrons. The fourth-order valence-corrected chi connectivity index (χ4v) is 12.3. The summed E-state index contributed by atoms with van der Waals surface area (Å²) in [5.41, 5.74) is 16.0. The Balaban J connectivity index is 1.11. The molecule has 0 amide bonds. The van der Waals surface area contributed by atoms with Crippen LogP contribution in [0.3, 0.4) is 0 Å². The minimum atomic E-state index is -0.661. The van der Waals surface area contributed by atoms with Crippen LogP contribution in [0.15, 0.2) is 215 Å². The first-order valence-electron chi connectivity index (χ1n) is 23.1. The maximum atomic E-state index is 6.71. The van der Waals surface area contributed by atoms with E-state index in [4.69, 9.17) is 23.8 Å². The van der Waals surface area contributed by atoms with E-state index in [1.807, 2.05) is 36.4 Å². The van der Waals surface area contributed by atoms with Crippen molar-refractivity contribution in [3.63, 3.8) is 0 Å². The second kappa shape index (κ2) is 13.0. The molecular weight excluding hydrogens is 833 g/mol. The Bertz CT molecular complexity index is 4350. The van der Waals surface area contributed by atoms with Crippen molar-refractivity contribution in [2.24, 2.45) is 0 Å². The molecule has 0 unspecified atom stereocenters. The molecule has 2 aliphatic rings. The van der Waals surface area contributed by atoms with Gasteiger partial charge in [0.2, 0.25) is 5.95 Å². The first-order valence-corrected chi connectivity index (χ1v) is 23.1. The molecule has 10 aromatic carbocycles. The van der Waals surface area contributed by atoms with E-state index in [1.165, 1.54) is 55.3 Å². The van der Waals surface area contributed by atoms with Gasteiger partial charge in [-0.15, -0.1) is 0 Å². The van der Waals surface area contributed by atoms with Gasteiger partial charge < -0.3 is 8.83 Å². The molecule has 6 nitrogen and oxygen atoms in total. The highest BCUT2D eigenvalue weighted by Gasteiger charge is 2.53. The van der Waals surface area contributed by atoms with Gasteiger partial charge in [0, 0.05) is 37.9 Å². The second-order valence-electron chi connectivity index (χ2n) is 18.1. The van der Waals surface area contributed by atoms with Crippen LogP contribution in [0.5, 0.6) is 0 Å². The van der Waals surface area contributed by atoms with Crippen molar-refractivity contribution in [1.82, 2.24) is 19.5 Å². The van der Waals surface area contributed by atoms with Crippen molar-refractivity contribution in [2.45, 2.75) is 5.41 Å². The van der Waals surface area contributed by atoms with Gasteiger partial charge >= 0.3 is 0 Å². The van der Waals surface area contributed by atoms with Crippen LogP contribution in [-0.2, 0) is 5.41 Å². The number of hydrogen-bond donors (Lipinski definition) is 0. The average Bonchev–Trinajstić information content (AvgIpc) is 4.20. The van der Waals surface area contributed by atoms with Gasteiger partial charge in [0.1, 0.15) is 22.3 Å². The molecule has 4 heterocycles. The molecule has 0 bridgehead atoms. The molecule has 2 aliphatic carbocycles. The smallest absolute Gasteiger partial charge is 0.238 e. The van der Waals surface area contributed by atoms with Crippen molar-refractivity contribution in [1.29, 1.82) is 0 Å². The lowest BCUT2D eigenvalue weighted by molar-refractivity contribution is 0.669. The van der Waals surface area contributed by atoms with Crippen LogP contribution in [0.4, 0.5) is 0 Å². The summed E-state index contributed by atoms with van der Waals surface area (Å²) in [6, 6.07) is 73.6. The largest absolute Gasteiger partial charge is 0.455 e. The number of furan rings is 2. The van der Waals surface area contributed by atoms with Crippen molar-refractivity contribution in [3.05, 3.63) is 229 Å². The number of benzene rings is 10. The monoisotopic (exact) mass is 866 g/mol. The highest BCUT2D eigenvalue weighted by molar-refractivity contribution is 6.28. The lowest BCUT2D eigenvalue weighted by Crippen LogP contribution is -2.26. The van der Waals surface area contributed by atoms with Gasteiger partial charge in [-0.25, -0.2) is 4.98 Å². The molecule has 0 saturated heterocycles. The van der Waals surface area contributed by atoms with Crippen LogP contribution in [0.1, 0.15) is 22.3 Å². The Labute approximate surface area is 388 Å². The first kappa shape index (κ1) is 36.1. The van der Waals surface area contributed by atoms with Gasteiger partial charge in [-0.1, -0.05) is 176 Å². The van der Waals surface area contributed by atoms with Crippen molar-refractivity contribution >= 4 is 76.5 Å². The molecule has 6 heteroatoms. The molecule has 0 radical (unpaired) electrons. The summed E-state index contributed by atoms with van der Waals surface area (Å²) in [6.45, 7) is 0. The fourth-order valence-electron chi connectivity index (χ4n) is 12.3. The summed E-state index contributed by atoms with van der Waals surface area (Å²) in [5, 5.41) is 8.75. The fraction of sp³-hybridized carbons (Fsp3) is 0.0161. The summed E-state index contributed by atoms with van der Waals surface area (Å²) in [4.78, 5) is 16.7. The zero-order valence-electron chi connectivity index (χ0n) is 36.2. The molecule has 68 heavy (non-hydrogen) atoms. The SMILES string of the molecule is c1ccc2c(c1)-c1ccccc1C21c2ccccc2-c2c1c1c(c3ccccc23)c2ccccc2n1-c1nc(-c2cccc3c2oc2ccccc23)nc(-c2cccc3c2oc2ccccc23)n1. The number of nitrogens with zero attached hydrogens (tertiary/aromatic N) is 4. The molecule has 16 rings (SSSR count). The molecule has 4 aromatic heterocycles. The molecule has 1 spiro atoms. The molecule has 0 atom stereocenters. The summed E-state index contributed by atoms with van der Waals surface area (Å²) < 4.78 is 15.8. The second-order valence-corrected chi connectivity index (χ2v) is 18.1. The molecule has 0 aliphatic heterocycles. The standard InChI is InChI=1S/C62H34N4O2/c1-2-22-40-39(21-1)53-43-23-5-11-31-49(43)62(47-29-9-3-17-35(47)36-18-4-10-30-48(36)62)55(53)56-54(40)44-24-6-12-32-50(44)66(56)61-64-59(45-27-15-25-41-37-19-7-13-33-51(37)67-57(41)45)63-60(65-61)46-28-16-26-42-38-20-8-14-34-52(38)68-58(42)46/h1-34H. The Morgan fingerprint density at radius 1 is 0.353 bits per heavy atom. The summed E-state index contributed by atoms with van der Waals surface area (Å²) in [7, 11) is 0. The molecule has 14 aromatic rings. The van der Waals surface area contributed by atoms with Crippen LogP contribution < -0.4 is 0 Å². The van der Waals surface area contributed by atoms with Gasteiger partial charge in [0.05, 0.1) is 27.6 Å². The van der Waals surface area contributed by atoms with Crippen LogP contribution in [0, 0.1) is 0 Å². The Kier molecular flexibility index (Phi) is 6.92. The van der Waals surface area contributed by atoms with E-state index in [0.29, 0.717) is 17.6 Å². The van der Waals surface area contributed by atoms with E-state index in [9.17, 15) is 0 Å². The lowest BCUT2D eigenvalue weighted by atomic mass is 9.70. The highest BCUT2D eigenvalue weighted by atomic mass is 16.3. The van der Waals surface area contributed by atoms with Crippen LogP contribution in [-0.4, -0.2) is 19.5 Å². The first-order chi connectivity index (χ1) is 33.8. The molecule has 0 saturated carbocycles. The van der Waals surface area contributed by atoms with E-state index in [-0.39, 0.29) is 0 Å². The van der Waals surface area contributed by atoms with Crippen LogP contribution in [0.25, 0.3) is 127 Å². The Morgan fingerprint density at radius 2 is 0.794 bits per heavy atom. The number of para-hydroxylation sites is 5. The summed E-state index contributed by atoms with van der Waals surface area (Å²) in [5.74, 6) is 1.50. The number of rotatable bonds is 3. The summed E-state index contributed by atoms with van der Waals surface area (Å²) >= 11 is 0. The topological polar surface area (TPSA) is 69.9 Å². The maximum Gasteiger partial charge on any atom is 0.238 e. The van der Waals surface area contributed by atoms with E-state index in [1.54, 1.807) is 0 Å². The predicted octanol–water partition coefficient (Wildman–Crippen LogP) is 15.6. The van der Waals surface area contributed by atoms with E-state index >= 15 is 0 Å². The Hall–Kier alpha value is -9.13. The highest BCUT2D eigenvalue weighted by Crippen LogP contribution is 2.66. The van der Waals surface area contributed by atoms with Gasteiger partial charge in [-0.05, 0) is 80.0 Å². The van der Waals surface area contributed by atoms with Crippen molar-refractivity contribution in [2.75, 3.05) is 0 Å². The zero-order chi connectivity index (χ0) is 44.2. The van der Waals surface area contributed by atoms with E-state index in [0.717, 1.165) is 76.8 Å². The van der Waals surface area contributed by atoms with E-state index in [2.05, 4.69) is 174 Å².